The molecule has 0 amide bonds. The van der Waals surface area contributed by atoms with E-state index in [9.17, 15) is 4.79 Å². The van der Waals surface area contributed by atoms with Crippen LogP contribution in [0.25, 0.3) is 12.2 Å². The first-order valence-corrected chi connectivity index (χ1v) is 7.71. The number of hydrogen-bond donors (Lipinski definition) is 0. The van der Waals surface area contributed by atoms with E-state index in [2.05, 4.69) is 4.98 Å². The molecule has 0 aliphatic carbocycles. The highest BCUT2D eigenvalue weighted by Gasteiger charge is 2.04. The molecule has 0 saturated heterocycles. The van der Waals surface area contributed by atoms with E-state index in [1.807, 2.05) is 42.5 Å². The van der Waals surface area contributed by atoms with Gasteiger partial charge in [0.05, 0.1) is 7.11 Å². The van der Waals surface area contributed by atoms with Gasteiger partial charge in [0.15, 0.2) is 0 Å². The van der Waals surface area contributed by atoms with Gasteiger partial charge in [-0.25, -0.2) is 0 Å². The SMILES string of the molecule is COc1ccc(COc2coc(/C=C/c3ccncc3)cc2=O)cc1. The molecule has 0 aliphatic heterocycles. The van der Waals surface area contributed by atoms with Gasteiger partial charge < -0.3 is 13.9 Å². The van der Waals surface area contributed by atoms with Gasteiger partial charge in [0.1, 0.15) is 24.4 Å². The van der Waals surface area contributed by atoms with E-state index in [0.29, 0.717) is 5.76 Å². The first kappa shape index (κ1) is 16.5. The lowest BCUT2D eigenvalue weighted by Gasteiger charge is -2.06. The van der Waals surface area contributed by atoms with E-state index in [1.54, 1.807) is 25.6 Å². The number of ether oxygens (including phenoxy) is 2. The first-order chi connectivity index (χ1) is 12.2. The Bertz CT molecular complexity index is 899. The van der Waals surface area contributed by atoms with Crippen LogP contribution in [0.5, 0.6) is 11.5 Å². The van der Waals surface area contributed by atoms with Crippen LogP contribution in [0.15, 0.2) is 70.3 Å². The number of pyridine rings is 1. The Morgan fingerprint density at radius 3 is 2.52 bits per heavy atom. The summed E-state index contributed by atoms with van der Waals surface area (Å²) in [5.74, 6) is 1.41. The summed E-state index contributed by atoms with van der Waals surface area (Å²) in [5, 5.41) is 0. The minimum atomic E-state index is -0.228. The number of hydrogen-bond acceptors (Lipinski definition) is 5. The van der Waals surface area contributed by atoms with E-state index >= 15 is 0 Å². The van der Waals surface area contributed by atoms with Crippen molar-refractivity contribution in [3.8, 4) is 11.5 Å². The molecule has 5 nitrogen and oxygen atoms in total. The molecule has 0 aliphatic rings. The van der Waals surface area contributed by atoms with Crippen LogP contribution >= 0.6 is 0 Å². The predicted molar refractivity (Wildman–Crippen MR) is 95.5 cm³/mol. The molecule has 5 heteroatoms. The maximum Gasteiger partial charge on any atom is 0.227 e. The molecule has 2 aromatic heterocycles. The summed E-state index contributed by atoms with van der Waals surface area (Å²) in [6.45, 7) is 0.279. The van der Waals surface area contributed by atoms with E-state index in [4.69, 9.17) is 13.9 Å². The quantitative estimate of drug-likeness (QED) is 0.686. The van der Waals surface area contributed by atoms with Gasteiger partial charge in [-0.1, -0.05) is 18.2 Å². The van der Waals surface area contributed by atoms with Crippen LogP contribution in [0.2, 0.25) is 0 Å². The largest absolute Gasteiger partial charge is 0.497 e. The summed E-state index contributed by atoms with van der Waals surface area (Å²) < 4.78 is 16.1. The Balaban J connectivity index is 1.65. The summed E-state index contributed by atoms with van der Waals surface area (Å²) in [6, 6.07) is 12.6. The van der Waals surface area contributed by atoms with Crippen molar-refractivity contribution in [3.05, 3.63) is 88.2 Å². The zero-order valence-electron chi connectivity index (χ0n) is 13.7. The lowest BCUT2D eigenvalue weighted by molar-refractivity contribution is 0.291. The monoisotopic (exact) mass is 335 g/mol. The molecular weight excluding hydrogens is 318 g/mol. The van der Waals surface area contributed by atoms with Crippen LogP contribution in [0.4, 0.5) is 0 Å². The van der Waals surface area contributed by atoms with Crippen LogP contribution < -0.4 is 14.9 Å². The molecular formula is C20H17NO4. The first-order valence-electron chi connectivity index (χ1n) is 7.71. The second-order valence-corrected chi connectivity index (χ2v) is 5.26. The number of rotatable bonds is 6. The smallest absolute Gasteiger partial charge is 0.227 e. The Morgan fingerprint density at radius 2 is 1.84 bits per heavy atom. The molecule has 1 aromatic carbocycles. The van der Waals surface area contributed by atoms with Gasteiger partial charge in [0, 0.05) is 18.5 Å². The highest BCUT2D eigenvalue weighted by molar-refractivity contribution is 5.66. The highest BCUT2D eigenvalue weighted by atomic mass is 16.5. The van der Waals surface area contributed by atoms with Crippen molar-refractivity contribution in [2.75, 3.05) is 7.11 Å². The molecule has 0 atom stereocenters. The van der Waals surface area contributed by atoms with Crippen LogP contribution in [-0.4, -0.2) is 12.1 Å². The van der Waals surface area contributed by atoms with Gasteiger partial charge >= 0.3 is 0 Å². The maximum absolute atomic E-state index is 12.1. The topological polar surface area (TPSA) is 61.6 Å². The van der Waals surface area contributed by atoms with E-state index in [0.717, 1.165) is 16.9 Å². The van der Waals surface area contributed by atoms with Gasteiger partial charge in [0.2, 0.25) is 11.2 Å². The fourth-order valence-corrected chi connectivity index (χ4v) is 2.14. The molecule has 2 heterocycles. The van der Waals surface area contributed by atoms with E-state index in [1.165, 1.54) is 12.3 Å². The van der Waals surface area contributed by atoms with Crippen molar-refractivity contribution in [2.45, 2.75) is 6.61 Å². The molecule has 126 valence electrons. The lowest BCUT2D eigenvalue weighted by atomic mass is 10.2. The number of benzene rings is 1. The average molecular weight is 335 g/mol. The zero-order chi connectivity index (χ0) is 17.5. The van der Waals surface area contributed by atoms with Crippen LogP contribution in [0.1, 0.15) is 16.9 Å². The Kier molecular flexibility index (Phi) is 5.26. The molecule has 3 aromatic rings. The van der Waals surface area contributed by atoms with Crippen molar-refractivity contribution >= 4 is 12.2 Å². The Labute approximate surface area is 145 Å². The minimum absolute atomic E-state index is 0.178. The van der Waals surface area contributed by atoms with Gasteiger partial charge in [0.25, 0.3) is 0 Å². The molecule has 0 bridgehead atoms. The second kappa shape index (κ2) is 7.97. The zero-order valence-corrected chi connectivity index (χ0v) is 13.7. The fourth-order valence-electron chi connectivity index (χ4n) is 2.14. The van der Waals surface area contributed by atoms with E-state index in [-0.39, 0.29) is 17.8 Å². The van der Waals surface area contributed by atoms with Crippen LogP contribution in [0, 0.1) is 0 Å². The molecule has 3 rings (SSSR count). The lowest BCUT2D eigenvalue weighted by Crippen LogP contribution is -2.07. The summed E-state index contributed by atoms with van der Waals surface area (Å²) >= 11 is 0. The third-order valence-corrected chi connectivity index (χ3v) is 3.52. The van der Waals surface area contributed by atoms with Gasteiger partial charge in [-0.05, 0) is 41.5 Å². The maximum atomic E-state index is 12.1. The highest BCUT2D eigenvalue weighted by Crippen LogP contribution is 2.14. The van der Waals surface area contributed by atoms with Crippen molar-refractivity contribution < 1.29 is 13.9 Å². The van der Waals surface area contributed by atoms with Gasteiger partial charge in [-0.3, -0.25) is 9.78 Å². The summed E-state index contributed by atoms with van der Waals surface area (Å²) in [7, 11) is 1.61. The average Bonchev–Trinajstić information content (AvgIpc) is 2.67. The summed E-state index contributed by atoms with van der Waals surface area (Å²) in [4.78, 5) is 16.1. The molecule has 0 spiro atoms. The van der Waals surface area contributed by atoms with Gasteiger partial charge in [-0.2, -0.15) is 0 Å². The fraction of sp³-hybridized carbons (Fsp3) is 0.100. The Morgan fingerprint density at radius 1 is 1.08 bits per heavy atom. The van der Waals surface area contributed by atoms with Gasteiger partial charge in [-0.15, -0.1) is 0 Å². The molecule has 0 saturated carbocycles. The Hall–Kier alpha value is -3.34. The third kappa shape index (κ3) is 4.57. The molecule has 25 heavy (non-hydrogen) atoms. The third-order valence-electron chi connectivity index (χ3n) is 3.52. The summed E-state index contributed by atoms with van der Waals surface area (Å²) in [5.41, 5.74) is 1.67. The predicted octanol–water partition coefficient (Wildman–Crippen LogP) is 3.79. The molecule has 0 unspecified atom stereocenters. The molecule has 0 N–H and O–H groups in total. The van der Waals surface area contributed by atoms with E-state index < -0.39 is 0 Å². The molecule has 0 fully saturated rings. The minimum Gasteiger partial charge on any atom is -0.497 e. The van der Waals surface area contributed by atoms with Crippen molar-refractivity contribution in [1.29, 1.82) is 0 Å². The van der Waals surface area contributed by atoms with Crippen molar-refractivity contribution in [2.24, 2.45) is 0 Å². The van der Waals surface area contributed by atoms with Crippen molar-refractivity contribution in [3.63, 3.8) is 0 Å². The number of aromatic nitrogens is 1. The number of nitrogens with zero attached hydrogens (tertiary/aromatic N) is 1. The molecule has 0 radical (unpaired) electrons. The van der Waals surface area contributed by atoms with Crippen molar-refractivity contribution in [1.82, 2.24) is 4.98 Å². The van der Waals surface area contributed by atoms with Crippen LogP contribution in [0.3, 0.4) is 0 Å². The van der Waals surface area contributed by atoms with Crippen LogP contribution in [-0.2, 0) is 6.61 Å². The number of methoxy groups -OCH3 is 1. The second-order valence-electron chi connectivity index (χ2n) is 5.26. The summed E-state index contributed by atoms with van der Waals surface area (Å²) in [6.07, 6.45) is 8.30. The normalized spacial score (nSPS) is 10.8. The standard InChI is InChI=1S/C20H17NO4/c1-23-17-5-3-16(4-6-17)13-25-20-14-24-18(12-19(20)22)7-2-15-8-10-21-11-9-15/h2-12,14H,13H2,1H3/b7-2+.